The molecule has 24 heavy (non-hydrogen) atoms. The van der Waals surface area contributed by atoms with Crippen molar-refractivity contribution in [3.05, 3.63) is 29.6 Å². The molecule has 130 valence electrons. The van der Waals surface area contributed by atoms with Crippen LogP contribution in [0.3, 0.4) is 0 Å². The van der Waals surface area contributed by atoms with Crippen molar-refractivity contribution in [3.8, 4) is 6.07 Å². The van der Waals surface area contributed by atoms with Crippen LogP contribution in [0, 0.1) is 11.3 Å². The van der Waals surface area contributed by atoms with Crippen molar-refractivity contribution in [3.63, 3.8) is 0 Å². The molecule has 0 radical (unpaired) electrons. The molecule has 1 aliphatic heterocycles. The molecule has 0 spiro atoms. The number of nitrogens with one attached hydrogen (secondary N) is 1. The summed E-state index contributed by atoms with van der Waals surface area (Å²) < 4.78 is 5.35. The van der Waals surface area contributed by atoms with Crippen molar-refractivity contribution in [2.45, 2.75) is 58.2 Å². The summed E-state index contributed by atoms with van der Waals surface area (Å²) in [7, 11) is 0. The van der Waals surface area contributed by atoms with Crippen LogP contribution in [0.4, 0.5) is 4.79 Å². The standard InChI is InChI=1S/C18H26N4O2/c1-17(2,3)24-16(23)21-18(4)6-9-22(10-7-18)13-14-5-8-20-15(11-14)12-19/h5,8,11H,6-7,9-10,13H2,1-4H3,(H,21,23). The number of nitriles is 1. The second-order valence-corrected chi connectivity index (χ2v) is 7.62. The predicted octanol–water partition coefficient (Wildman–Crippen LogP) is 2.83. The molecule has 2 rings (SSSR count). The number of carbonyl (C=O) groups excluding carboxylic acids is 1. The molecule has 1 aliphatic rings. The Morgan fingerprint density at radius 1 is 1.46 bits per heavy atom. The molecule has 6 nitrogen and oxygen atoms in total. The Morgan fingerprint density at radius 3 is 2.71 bits per heavy atom. The zero-order chi connectivity index (χ0) is 17.8. The van der Waals surface area contributed by atoms with Crippen LogP contribution in [-0.4, -0.2) is 40.2 Å². The Morgan fingerprint density at radius 2 is 2.12 bits per heavy atom. The summed E-state index contributed by atoms with van der Waals surface area (Å²) in [6.45, 7) is 10.2. The number of pyridine rings is 1. The number of nitrogens with zero attached hydrogens (tertiary/aromatic N) is 3. The summed E-state index contributed by atoms with van der Waals surface area (Å²) >= 11 is 0. The molecule has 1 aromatic heterocycles. The monoisotopic (exact) mass is 330 g/mol. The molecule has 0 bridgehead atoms. The van der Waals surface area contributed by atoms with E-state index in [9.17, 15) is 4.79 Å². The Hall–Kier alpha value is -2.13. The third-order valence-electron chi connectivity index (χ3n) is 4.11. The van der Waals surface area contributed by atoms with Crippen LogP contribution in [0.1, 0.15) is 51.8 Å². The second-order valence-electron chi connectivity index (χ2n) is 7.62. The first kappa shape index (κ1) is 18.2. The Balaban J connectivity index is 1.86. The summed E-state index contributed by atoms with van der Waals surface area (Å²) in [6.07, 6.45) is 3.04. The first-order valence-corrected chi connectivity index (χ1v) is 8.28. The van der Waals surface area contributed by atoms with E-state index in [4.69, 9.17) is 10.00 Å². The van der Waals surface area contributed by atoms with Gasteiger partial charge in [-0.15, -0.1) is 0 Å². The van der Waals surface area contributed by atoms with E-state index >= 15 is 0 Å². The van der Waals surface area contributed by atoms with Gasteiger partial charge in [-0.3, -0.25) is 4.90 Å². The molecule has 1 aromatic rings. The maximum Gasteiger partial charge on any atom is 0.408 e. The SMILES string of the molecule is CC1(NC(=O)OC(C)(C)C)CCN(Cc2ccnc(C#N)c2)CC1. The fourth-order valence-corrected chi connectivity index (χ4v) is 2.77. The molecule has 0 aromatic carbocycles. The quantitative estimate of drug-likeness (QED) is 0.922. The lowest BCUT2D eigenvalue weighted by Crippen LogP contribution is -2.54. The topological polar surface area (TPSA) is 78.2 Å². The van der Waals surface area contributed by atoms with Gasteiger partial charge in [0.2, 0.25) is 0 Å². The highest BCUT2D eigenvalue weighted by Crippen LogP contribution is 2.23. The van der Waals surface area contributed by atoms with Gasteiger partial charge < -0.3 is 10.1 Å². The van der Waals surface area contributed by atoms with Crippen molar-refractivity contribution in [1.29, 1.82) is 5.26 Å². The summed E-state index contributed by atoms with van der Waals surface area (Å²) in [4.78, 5) is 18.3. The molecule has 2 heterocycles. The van der Waals surface area contributed by atoms with Crippen molar-refractivity contribution in [2.75, 3.05) is 13.1 Å². The van der Waals surface area contributed by atoms with E-state index < -0.39 is 5.60 Å². The van der Waals surface area contributed by atoms with E-state index in [-0.39, 0.29) is 11.6 Å². The number of hydrogen-bond donors (Lipinski definition) is 1. The van der Waals surface area contributed by atoms with Gasteiger partial charge in [0.05, 0.1) is 0 Å². The van der Waals surface area contributed by atoms with Crippen molar-refractivity contribution >= 4 is 6.09 Å². The van der Waals surface area contributed by atoms with E-state index in [1.165, 1.54) is 0 Å². The van der Waals surface area contributed by atoms with Gasteiger partial charge in [-0.05, 0) is 58.2 Å². The third-order valence-corrected chi connectivity index (χ3v) is 4.11. The highest BCUT2D eigenvalue weighted by atomic mass is 16.6. The fourth-order valence-electron chi connectivity index (χ4n) is 2.77. The summed E-state index contributed by atoms with van der Waals surface area (Å²) in [5.74, 6) is 0. The first-order chi connectivity index (χ1) is 11.2. The fraction of sp³-hybridized carbons (Fsp3) is 0.611. The number of ether oxygens (including phenoxy) is 1. The van der Waals surface area contributed by atoms with E-state index in [0.717, 1.165) is 38.0 Å². The van der Waals surface area contributed by atoms with Crippen LogP contribution in [0.5, 0.6) is 0 Å². The van der Waals surface area contributed by atoms with Crippen LogP contribution < -0.4 is 5.32 Å². The van der Waals surface area contributed by atoms with E-state index in [1.54, 1.807) is 6.20 Å². The minimum atomic E-state index is -0.485. The summed E-state index contributed by atoms with van der Waals surface area (Å²) in [5, 5.41) is 11.9. The van der Waals surface area contributed by atoms with Crippen LogP contribution >= 0.6 is 0 Å². The number of aromatic nitrogens is 1. The van der Waals surface area contributed by atoms with Crippen molar-refractivity contribution in [1.82, 2.24) is 15.2 Å². The van der Waals surface area contributed by atoms with Crippen LogP contribution in [0.2, 0.25) is 0 Å². The molecule has 0 saturated carbocycles. The van der Waals surface area contributed by atoms with Gasteiger partial charge in [0.15, 0.2) is 0 Å². The predicted molar refractivity (Wildman–Crippen MR) is 91.2 cm³/mol. The molecule has 1 saturated heterocycles. The highest BCUT2D eigenvalue weighted by Gasteiger charge is 2.33. The Labute approximate surface area is 143 Å². The lowest BCUT2D eigenvalue weighted by Gasteiger charge is -2.40. The second kappa shape index (κ2) is 7.18. The van der Waals surface area contributed by atoms with Gasteiger partial charge in [-0.25, -0.2) is 9.78 Å². The maximum absolute atomic E-state index is 12.0. The van der Waals surface area contributed by atoms with Gasteiger partial charge in [-0.1, -0.05) is 0 Å². The molecule has 0 unspecified atom stereocenters. The Kier molecular flexibility index (Phi) is 5.45. The van der Waals surface area contributed by atoms with E-state index in [0.29, 0.717) is 5.69 Å². The van der Waals surface area contributed by atoms with Gasteiger partial charge in [0.1, 0.15) is 17.4 Å². The lowest BCUT2D eigenvalue weighted by atomic mass is 9.89. The lowest BCUT2D eigenvalue weighted by molar-refractivity contribution is 0.0401. The summed E-state index contributed by atoms with van der Waals surface area (Å²) in [5.41, 5.74) is 0.807. The number of amides is 1. The molecular formula is C18H26N4O2. The van der Waals surface area contributed by atoms with Gasteiger partial charge in [0.25, 0.3) is 0 Å². The van der Waals surface area contributed by atoms with E-state index in [1.807, 2.05) is 32.9 Å². The summed E-state index contributed by atoms with van der Waals surface area (Å²) in [6, 6.07) is 5.83. The number of piperidine rings is 1. The minimum Gasteiger partial charge on any atom is -0.444 e. The van der Waals surface area contributed by atoms with Crippen LogP contribution in [0.15, 0.2) is 18.3 Å². The number of rotatable bonds is 3. The molecule has 1 amide bonds. The smallest absolute Gasteiger partial charge is 0.408 e. The maximum atomic E-state index is 12.0. The number of alkyl carbamates (subject to hydrolysis) is 1. The largest absolute Gasteiger partial charge is 0.444 e. The molecular weight excluding hydrogens is 304 g/mol. The van der Waals surface area contributed by atoms with Gasteiger partial charge in [0, 0.05) is 31.4 Å². The molecule has 6 heteroatoms. The number of likely N-dealkylation sites (tertiary alicyclic amines) is 1. The minimum absolute atomic E-state index is 0.241. The van der Waals surface area contributed by atoms with Crippen LogP contribution in [0.25, 0.3) is 0 Å². The van der Waals surface area contributed by atoms with Crippen molar-refractivity contribution in [2.24, 2.45) is 0 Å². The van der Waals surface area contributed by atoms with Gasteiger partial charge >= 0.3 is 6.09 Å². The Bertz CT molecular complexity index is 623. The normalized spacial score (nSPS) is 17.8. The van der Waals surface area contributed by atoms with Crippen molar-refractivity contribution < 1.29 is 9.53 Å². The zero-order valence-corrected chi connectivity index (χ0v) is 14.9. The molecule has 0 atom stereocenters. The number of hydrogen-bond acceptors (Lipinski definition) is 5. The number of carbonyl (C=O) groups is 1. The first-order valence-electron chi connectivity index (χ1n) is 8.28. The van der Waals surface area contributed by atoms with Gasteiger partial charge in [-0.2, -0.15) is 5.26 Å². The third kappa shape index (κ3) is 5.50. The molecule has 1 fully saturated rings. The average molecular weight is 330 g/mol. The average Bonchev–Trinajstić information content (AvgIpc) is 2.48. The van der Waals surface area contributed by atoms with Crippen LogP contribution in [-0.2, 0) is 11.3 Å². The molecule has 0 aliphatic carbocycles. The van der Waals surface area contributed by atoms with E-state index in [2.05, 4.69) is 28.2 Å². The molecule has 1 N–H and O–H groups in total. The highest BCUT2D eigenvalue weighted by molar-refractivity contribution is 5.68. The zero-order valence-electron chi connectivity index (χ0n) is 14.9.